The molecule has 3 atom stereocenters. The van der Waals surface area contributed by atoms with Crippen LogP contribution in [-0.2, 0) is 6.42 Å². The summed E-state index contributed by atoms with van der Waals surface area (Å²) in [6.07, 6.45) is 6.80. The van der Waals surface area contributed by atoms with Gasteiger partial charge in [-0.1, -0.05) is 13.8 Å². The second-order valence-corrected chi connectivity index (χ2v) is 6.11. The normalized spacial score (nSPS) is 30.5. The van der Waals surface area contributed by atoms with Gasteiger partial charge >= 0.3 is 0 Å². The number of nitrogens with zero attached hydrogens (tertiary/aromatic N) is 3. The zero-order valence-corrected chi connectivity index (χ0v) is 12.0. The Morgan fingerprint density at radius 1 is 1.37 bits per heavy atom. The zero-order valence-electron chi connectivity index (χ0n) is 12.0. The Morgan fingerprint density at radius 2 is 2.21 bits per heavy atom. The van der Waals surface area contributed by atoms with E-state index in [1.807, 2.05) is 6.20 Å². The highest BCUT2D eigenvalue weighted by Crippen LogP contribution is 2.35. The summed E-state index contributed by atoms with van der Waals surface area (Å²) in [6, 6.07) is 0.425. The smallest absolute Gasteiger partial charge is 0.225 e. The molecule has 2 N–H and O–H groups in total. The highest BCUT2D eigenvalue weighted by molar-refractivity contribution is 5.38. The number of aromatic nitrogens is 2. The van der Waals surface area contributed by atoms with Crippen LogP contribution in [0.25, 0.3) is 0 Å². The van der Waals surface area contributed by atoms with Crippen LogP contribution in [0.1, 0.15) is 50.3 Å². The quantitative estimate of drug-likeness (QED) is 0.884. The van der Waals surface area contributed by atoms with E-state index < -0.39 is 0 Å². The summed E-state index contributed by atoms with van der Waals surface area (Å²) in [5.41, 5.74) is 8.47. The predicted molar refractivity (Wildman–Crippen MR) is 77.4 cm³/mol. The van der Waals surface area contributed by atoms with Gasteiger partial charge in [0.2, 0.25) is 5.95 Å². The van der Waals surface area contributed by atoms with Crippen molar-refractivity contribution in [1.29, 1.82) is 0 Å². The lowest BCUT2D eigenvalue weighted by molar-refractivity contribution is 0.415. The van der Waals surface area contributed by atoms with Gasteiger partial charge in [-0.15, -0.1) is 0 Å². The molecular formula is C15H24N4. The number of rotatable bonds is 2. The third-order valence-corrected chi connectivity index (χ3v) is 4.95. The van der Waals surface area contributed by atoms with Crippen LogP contribution in [0.4, 0.5) is 5.95 Å². The topological polar surface area (TPSA) is 55.0 Å². The van der Waals surface area contributed by atoms with Gasteiger partial charge in [0.05, 0.1) is 5.69 Å². The Kier molecular flexibility index (Phi) is 3.44. The number of hydrogen-bond donors (Lipinski definition) is 1. The summed E-state index contributed by atoms with van der Waals surface area (Å²) in [6.45, 7) is 6.37. The molecule has 1 saturated heterocycles. The highest BCUT2D eigenvalue weighted by Gasteiger charge is 2.29. The van der Waals surface area contributed by atoms with Crippen LogP contribution < -0.4 is 10.6 Å². The van der Waals surface area contributed by atoms with Crippen molar-refractivity contribution in [3.63, 3.8) is 0 Å². The molecule has 19 heavy (non-hydrogen) atoms. The van der Waals surface area contributed by atoms with Crippen LogP contribution in [-0.4, -0.2) is 29.1 Å². The largest absolute Gasteiger partial charge is 0.337 e. The molecule has 0 saturated carbocycles. The van der Waals surface area contributed by atoms with Crippen molar-refractivity contribution in [2.75, 3.05) is 18.0 Å². The third-order valence-electron chi connectivity index (χ3n) is 4.95. The van der Waals surface area contributed by atoms with E-state index >= 15 is 0 Å². The van der Waals surface area contributed by atoms with Crippen molar-refractivity contribution in [3.05, 3.63) is 17.5 Å². The van der Waals surface area contributed by atoms with Gasteiger partial charge in [-0.2, -0.15) is 0 Å². The molecule has 1 aromatic heterocycles. The fourth-order valence-corrected chi connectivity index (χ4v) is 3.38. The maximum absolute atomic E-state index is 5.85. The Labute approximate surface area is 115 Å². The molecule has 1 aliphatic heterocycles. The maximum Gasteiger partial charge on any atom is 0.225 e. The summed E-state index contributed by atoms with van der Waals surface area (Å²) in [5, 5.41) is 0. The number of fused-ring (bicyclic) bond motifs is 1. The lowest BCUT2D eigenvalue weighted by Gasteiger charge is -2.30. The monoisotopic (exact) mass is 260 g/mol. The van der Waals surface area contributed by atoms with Crippen molar-refractivity contribution in [2.45, 2.75) is 51.5 Å². The minimum Gasteiger partial charge on any atom is -0.337 e. The standard InChI is InChI=1S/C15H24N4/c1-10-5-6-12-9-17-15(18-14(12)11(10)2)19-7-3-4-13(19)8-16/h9-11,13H,3-8,16H2,1-2H3. The molecule has 0 amide bonds. The fraction of sp³-hybridized carbons (Fsp3) is 0.733. The van der Waals surface area contributed by atoms with E-state index in [0.29, 0.717) is 18.5 Å². The van der Waals surface area contributed by atoms with E-state index in [2.05, 4.69) is 23.7 Å². The first-order chi connectivity index (χ1) is 9.20. The Balaban J connectivity index is 1.92. The minimum atomic E-state index is 0.425. The molecule has 0 radical (unpaired) electrons. The van der Waals surface area contributed by atoms with E-state index in [-0.39, 0.29) is 0 Å². The van der Waals surface area contributed by atoms with E-state index in [4.69, 9.17) is 10.7 Å². The molecule has 3 unspecified atom stereocenters. The van der Waals surface area contributed by atoms with Gasteiger partial charge in [-0.25, -0.2) is 9.97 Å². The van der Waals surface area contributed by atoms with Crippen LogP contribution in [0, 0.1) is 5.92 Å². The van der Waals surface area contributed by atoms with Crippen LogP contribution in [0.2, 0.25) is 0 Å². The molecule has 4 heteroatoms. The lowest BCUT2D eigenvalue weighted by Crippen LogP contribution is -2.37. The van der Waals surface area contributed by atoms with E-state index in [1.165, 1.54) is 30.5 Å². The summed E-state index contributed by atoms with van der Waals surface area (Å²) in [7, 11) is 0. The van der Waals surface area contributed by atoms with Crippen LogP contribution in [0.5, 0.6) is 0 Å². The summed E-state index contributed by atoms with van der Waals surface area (Å²) in [5.74, 6) is 2.16. The van der Waals surface area contributed by atoms with Crippen LogP contribution in [0.3, 0.4) is 0 Å². The fourth-order valence-electron chi connectivity index (χ4n) is 3.38. The van der Waals surface area contributed by atoms with Crippen molar-refractivity contribution in [2.24, 2.45) is 11.7 Å². The van der Waals surface area contributed by atoms with E-state index in [9.17, 15) is 0 Å². The van der Waals surface area contributed by atoms with Gasteiger partial charge < -0.3 is 10.6 Å². The van der Waals surface area contributed by atoms with Gasteiger partial charge in [0.1, 0.15) is 0 Å². The third kappa shape index (κ3) is 2.22. The summed E-state index contributed by atoms with van der Waals surface area (Å²) in [4.78, 5) is 11.8. The van der Waals surface area contributed by atoms with Crippen molar-refractivity contribution >= 4 is 5.95 Å². The average Bonchev–Trinajstić information content (AvgIpc) is 2.91. The van der Waals surface area contributed by atoms with Gasteiger partial charge in [0, 0.05) is 31.2 Å². The Bertz CT molecular complexity index is 459. The first kappa shape index (κ1) is 12.9. The van der Waals surface area contributed by atoms with Crippen molar-refractivity contribution < 1.29 is 0 Å². The van der Waals surface area contributed by atoms with Crippen molar-refractivity contribution in [3.8, 4) is 0 Å². The molecule has 0 bridgehead atoms. The first-order valence-electron chi connectivity index (χ1n) is 7.53. The molecule has 3 rings (SSSR count). The van der Waals surface area contributed by atoms with Gasteiger partial charge in [0.15, 0.2) is 0 Å². The molecule has 2 heterocycles. The molecular weight excluding hydrogens is 236 g/mol. The maximum atomic E-state index is 5.85. The van der Waals surface area contributed by atoms with Gasteiger partial charge in [-0.05, 0) is 37.2 Å². The van der Waals surface area contributed by atoms with Crippen LogP contribution in [0.15, 0.2) is 6.20 Å². The second-order valence-electron chi connectivity index (χ2n) is 6.11. The SMILES string of the molecule is CC1CCc2cnc(N3CCCC3CN)nc2C1C. The Hall–Kier alpha value is -1.16. The number of hydrogen-bond acceptors (Lipinski definition) is 4. The average molecular weight is 260 g/mol. The van der Waals surface area contributed by atoms with Crippen LogP contribution >= 0.6 is 0 Å². The van der Waals surface area contributed by atoms with E-state index in [0.717, 1.165) is 24.8 Å². The molecule has 0 aromatic carbocycles. The molecule has 1 fully saturated rings. The lowest BCUT2D eigenvalue weighted by atomic mass is 9.80. The molecule has 0 spiro atoms. The highest BCUT2D eigenvalue weighted by atomic mass is 15.3. The first-order valence-corrected chi connectivity index (χ1v) is 7.53. The number of nitrogens with two attached hydrogens (primary N) is 1. The molecule has 2 aliphatic rings. The predicted octanol–water partition coefficient (Wildman–Crippen LogP) is 2.09. The molecule has 1 aliphatic carbocycles. The van der Waals surface area contributed by atoms with Gasteiger partial charge in [0.25, 0.3) is 0 Å². The molecule has 104 valence electrons. The minimum absolute atomic E-state index is 0.425. The summed E-state index contributed by atoms with van der Waals surface area (Å²) >= 11 is 0. The van der Waals surface area contributed by atoms with Crippen molar-refractivity contribution in [1.82, 2.24) is 9.97 Å². The summed E-state index contributed by atoms with van der Waals surface area (Å²) < 4.78 is 0. The van der Waals surface area contributed by atoms with Gasteiger partial charge in [-0.3, -0.25) is 0 Å². The molecule has 1 aromatic rings. The second kappa shape index (κ2) is 5.08. The zero-order chi connectivity index (χ0) is 13.4. The molecule has 4 nitrogen and oxygen atoms in total. The Morgan fingerprint density at radius 3 is 3.00 bits per heavy atom. The van der Waals surface area contributed by atoms with E-state index in [1.54, 1.807) is 0 Å². The number of anilines is 1. The number of aryl methyl sites for hydroxylation is 1.